The third kappa shape index (κ3) is 5.20. The van der Waals surface area contributed by atoms with E-state index in [-0.39, 0.29) is 11.7 Å². The summed E-state index contributed by atoms with van der Waals surface area (Å²) in [4.78, 5) is 26.9. The van der Waals surface area contributed by atoms with Crippen molar-refractivity contribution in [1.29, 1.82) is 0 Å². The molecule has 0 aliphatic carbocycles. The molecule has 1 saturated heterocycles. The molecule has 3 rings (SSSR count). The van der Waals surface area contributed by atoms with Gasteiger partial charge in [-0.25, -0.2) is 4.79 Å². The van der Waals surface area contributed by atoms with Crippen molar-refractivity contribution < 1.29 is 23.8 Å². The summed E-state index contributed by atoms with van der Waals surface area (Å²) in [5, 5.41) is 0.529. The summed E-state index contributed by atoms with van der Waals surface area (Å²) in [5.41, 5.74) is 1.08. The summed E-state index contributed by atoms with van der Waals surface area (Å²) < 4.78 is 16.3. The van der Waals surface area contributed by atoms with Crippen LogP contribution < -0.4 is 9.47 Å². The number of ether oxygens (including phenoxy) is 3. The van der Waals surface area contributed by atoms with E-state index >= 15 is 0 Å². The molecule has 2 aromatic rings. The Morgan fingerprint density at radius 2 is 1.90 bits per heavy atom. The Kier molecular flexibility index (Phi) is 7.49. The molecule has 0 bridgehead atoms. The first-order valence-corrected chi connectivity index (χ1v) is 10.4. The fourth-order valence-electron chi connectivity index (χ4n) is 2.63. The molecular weight excluding hydrogens is 446 g/mol. The molecule has 156 valence electrons. The highest BCUT2D eigenvalue weighted by Gasteiger charge is 2.31. The molecule has 6 nitrogen and oxygen atoms in total. The predicted octanol–water partition coefficient (Wildman–Crippen LogP) is 4.42. The summed E-state index contributed by atoms with van der Waals surface area (Å²) in [5.74, 6) is -0.0702. The number of methoxy groups -OCH3 is 2. The molecule has 1 aliphatic heterocycles. The number of amides is 1. The Bertz CT molecular complexity index is 1010. The zero-order valence-corrected chi connectivity index (χ0v) is 18.6. The molecule has 30 heavy (non-hydrogen) atoms. The van der Waals surface area contributed by atoms with Crippen LogP contribution in [0.15, 0.2) is 47.4 Å². The molecule has 1 amide bonds. The van der Waals surface area contributed by atoms with Crippen LogP contribution in [0.3, 0.4) is 0 Å². The van der Waals surface area contributed by atoms with E-state index < -0.39 is 5.97 Å². The fourth-order valence-corrected chi connectivity index (χ4v) is 4.06. The van der Waals surface area contributed by atoms with E-state index in [1.54, 1.807) is 55.7 Å². The van der Waals surface area contributed by atoms with E-state index in [1.807, 2.05) is 0 Å². The largest absolute Gasteiger partial charge is 0.493 e. The molecule has 0 aromatic heterocycles. The van der Waals surface area contributed by atoms with Crippen LogP contribution in [0.4, 0.5) is 0 Å². The molecule has 1 fully saturated rings. The zero-order chi connectivity index (χ0) is 21.7. The van der Waals surface area contributed by atoms with Crippen molar-refractivity contribution >= 4 is 57.9 Å². The zero-order valence-electron chi connectivity index (χ0n) is 16.2. The molecule has 0 radical (unpaired) electrons. The summed E-state index contributed by atoms with van der Waals surface area (Å²) in [6.07, 6.45) is 1.72. The smallest absolute Gasteiger partial charge is 0.343 e. The number of rotatable bonds is 7. The Hall–Kier alpha value is -2.39. The van der Waals surface area contributed by atoms with Crippen molar-refractivity contribution in [2.75, 3.05) is 27.4 Å². The van der Waals surface area contributed by atoms with Crippen LogP contribution in [0.5, 0.6) is 11.5 Å². The van der Waals surface area contributed by atoms with Gasteiger partial charge in [0.15, 0.2) is 11.5 Å². The van der Waals surface area contributed by atoms with Gasteiger partial charge in [-0.1, -0.05) is 41.6 Å². The van der Waals surface area contributed by atoms with Crippen LogP contribution in [0.25, 0.3) is 6.08 Å². The second-order valence-corrected chi connectivity index (χ2v) is 8.25. The summed E-state index contributed by atoms with van der Waals surface area (Å²) >= 11 is 12.4. The van der Waals surface area contributed by atoms with Gasteiger partial charge in [0.05, 0.1) is 30.7 Å². The maximum atomic E-state index is 12.6. The van der Waals surface area contributed by atoms with Gasteiger partial charge in [0.2, 0.25) is 0 Å². The van der Waals surface area contributed by atoms with Crippen LogP contribution in [-0.2, 0) is 9.53 Å². The van der Waals surface area contributed by atoms with E-state index in [9.17, 15) is 9.59 Å². The second-order valence-electron chi connectivity index (χ2n) is 6.13. The van der Waals surface area contributed by atoms with Crippen LogP contribution >= 0.6 is 35.6 Å². The molecule has 0 atom stereocenters. The lowest BCUT2D eigenvalue weighted by atomic mass is 10.1. The molecule has 2 aromatic carbocycles. The van der Waals surface area contributed by atoms with Gasteiger partial charge in [-0.3, -0.25) is 9.69 Å². The molecule has 0 spiro atoms. The minimum absolute atomic E-state index is 0.167. The standard InChI is InChI=1S/C21H18ClNO5S2/c1-26-10-9-23-19(24)18(30-21(23)29)12-13-3-8-16(17(11-13)27-2)28-20(25)14-4-6-15(22)7-5-14/h3-8,11-12H,9-10H2,1-2H3/b18-12-. The Balaban J connectivity index is 1.78. The van der Waals surface area contributed by atoms with Crippen LogP contribution in [-0.4, -0.2) is 48.5 Å². The molecule has 1 aliphatic rings. The maximum Gasteiger partial charge on any atom is 0.343 e. The molecule has 0 saturated carbocycles. The number of halogens is 1. The number of thioether (sulfide) groups is 1. The SMILES string of the molecule is COCCN1C(=O)/C(=C/c2ccc(OC(=O)c3ccc(Cl)cc3)c(OC)c2)SC1=S. The van der Waals surface area contributed by atoms with Gasteiger partial charge >= 0.3 is 5.97 Å². The molecular formula is C21H18ClNO5S2. The molecule has 1 heterocycles. The summed E-state index contributed by atoms with van der Waals surface area (Å²) in [7, 11) is 3.05. The first-order chi connectivity index (χ1) is 14.4. The number of carbonyl (C=O) groups excluding carboxylic acids is 2. The average Bonchev–Trinajstić information content (AvgIpc) is 3.00. The van der Waals surface area contributed by atoms with Crippen molar-refractivity contribution in [3.63, 3.8) is 0 Å². The second kappa shape index (κ2) is 10.1. The molecule has 0 unspecified atom stereocenters. The first kappa shape index (κ1) is 22.3. The third-order valence-electron chi connectivity index (χ3n) is 4.16. The fraction of sp³-hybridized carbons (Fsp3) is 0.190. The van der Waals surface area contributed by atoms with E-state index in [0.29, 0.717) is 44.3 Å². The predicted molar refractivity (Wildman–Crippen MR) is 121 cm³/mol. The van der Waals surface area contributed by atoms with Gasteiger partial charge in [-0.05, 0) is 48.0 Å². The van der Waals surface area contributed by atoms with Crippen LogP contribution in [0, 0.1) is 0 Å². The Morgan fingerprint density at radius 3 is 2.57 bits per heavy atom. The highest BCUT2D eigenvalue weighted by atomic mass is 35.5. The number of hydrogen-bond donors (Lipinski definition) is 0. The summed E-state index contributed by atoms with van der Waals surface area (Å²) in [6, 6.07) is 11.4. The average molecular weight is 464 g/mol. The van der Waals surface area contributed by atoms with E-state index in [0.717, 1.165) is 0 Å². The minimum Gasteiger partial charge on any atom is -0.493 e. The van der Waals surface area contributed by atoms with Crippen molar-refractivity contribution in [3.05, 3.63) is 63.5 Å². The van der Waals surface area contributed by atoms with Crippen molar-refractivity contribution in [2.24, 2.45) is 0 Å². The quantitative estimate of drug-likeness (QED) is 0.261. The van der Waals surface area contributed by atoms with Crippen molar-refractivity contribution in [1.82, 2.24) is 4.90 Å². The van der Waals surface area contributed by atoms with Gasteiger partial charge in [0.25, 0.3) is 5.91 Å². The molecule has 0 N–H and O–H groups in total. The van der Waals surface area contributed by atoms with E-state index in [2.05, 4.69) is 0 Å². The van der Waals surface area contributed by atoms with Gasteiger partial charge in [-0.2, -0.15) is 0 Å². The first-order valence-electron chi connectivity index (χ1n) is 8.83. The van der Waals surface area contributed by atoms with Gasteiger partial charge in [0.1, 0.15) is 4.32 Å². The van der Waals surface area contributed by atoms with Crippen molar-refractivity contribution in [2.45, 2.75) is 0 Å². The van der Waals surface area contributed by atoms with Gasteiger partial charge in [-0.15, -0.1) is 0 Å². The monoisotopic (exact) mass is 463 g/mol. The highest BCUT2D eigenvalue weighted by Crippen LogP contribution is 2.35. The van der Waals surface area contributed by atoms with Gasteiger partial charge < -0.3 is 14.2 Å². The number of thiocarbonyl (C=S) groups is 1. The minimum atomic E-state index is -0.531. The number of esters is 1. The lowest BCUT2D eigenvalue weighted by Crippen LogP contribution is -2.31. The van der Waals surface area contributed by atoms with Crippen LogP contribution in [0.1, 0.15) is 15.9 Å². The Morgan fingerprint density at radius 1 is 1.17 bits per heavy atom. The van der Waals surface area contributed by atoms with E-state index in [4.69, 9.17) is 38.0 Å². The Labute approximate surface area is 188 Å². The lowest BCUT2D eigenvalue weighted by Gasteiger charge is -2.13. The number of carbonyl (C=O) groups is 2. The van der Waals surface area contributed by atoms with Crippen LogP contribution in [0.2, 0.25) is 5.02 Å². The third-order valence-corrected chi connectivity index (χ3v) is 5.79. The van der Waals surface area contributed by atoms with Crippen molar-refractivity contribution in [3.8, 4) is 11.5 Å². The number of benzene rings is 2. The summed E-state index contributed by atoms with van der Waals surface area (Å²) in [6.45, 7) is 0.808. The number of hydrogen-bond acceptors (Lipinski definition) is 7. The highest BCUT2D eigenvalue weighted by molar-refractivity contribution is 8.26. The van der Waals surface area contributed by atoms with E-state index in [1.165, 1.54) is 23.8 Å². The lowest BCUT2D eigenvalue weighted by molar-refractivity contribution is -0.122. The molecule has 9 heteroatoms. The topological polar surface area (TPSA) is 65.1 Å². The normalized spacial score (nSPS) is 15.0. The maximum absolute atomic E-state index is 12.6. The van der Waals surface area contributed by atoms with Gasteiger partial charge in [0, 0.05) is 12.1 Å². The number of nitrogens with zero attached hydrogens (tertiary/aromatic N) is 1.